The molecular formula is C18H22ClNO. The van der Waals surface area contributed by atoms with E-state index in [4.69, 9.17) is 22.1 Å². The molecule has 0 radical (unpaired) electrons. The van der Waals surface area contributed by atoms with E-state index in [1.807, 2.05) is 49.4 Å². The summed E-state index contributed by atoms with van der Waals surface area (Å²) in [4.78, 5) is 0. The molecule has 0 aromatic heterocycles. The van der Waals surface area contributed by atoms with Gasteiger partial charge in [-0.25, -0.2) is 0 Å². The van der Waals surface area contributed by atoms with Gasteiger partial charge < -0.3 is 10.5 Å². The molecule has 2 nitrogen and oxygen atoms in total. The Bertz CT molecular complexity index is 578. The van der Waals surface area contributed by atoms with E-state index in [0.717, 1.165) is 11.3 Å². The van der Waals surface area contributed by atoms with Crippen molar-refractivity contribution in [3.8, 4) is 5.75 Å². The van der Waals surface area contributed by atoms with Gasteiger partial charge in [0, 0.05) is 11.1 Å². The van der Waals surface area contributed by atoms with Crippen LogP contribution in [0, 0.1) is 0 Å². The minimum Gasteiger partial charge on any atom is -0.484 e. The van der Waals surface area contributed by atoms with Crippen molar-refractivity contribution in [1.82, 2.24) is 0 Å². The van der Waals surface area contributed by atoms with E-state index in [-0.39, 0.29) is 12.1 Å². The zero-order valence-electron chi connectivity index (χ0n) is 12.7. The highest BCUT2D eigenvalue weighted by molar-refractivity contribution is 6.30. The molecular weight excluding hydrogens is 282 g/mol. The molecule has 0 aliphatic heterocycles. The molecule has 2 aromatic carbocycles. The fraction of sp³-hybridized carbons (Fsp3) is 0.333. The van der Waals surface area contributed by atoms with Gasteiger partial charge in [0.15, 0.2) is 0 Å². The molecule has 0 saturated carbocycles. The molecule has 0 spiro atoms. The number of nitrogens with two attached hydrogens (primary N) is 1. The van der Waals surface area contributed by atoms with Gasteiger partial charge in [0.2, 0.25) is 0 Å². The van der Waals surface area contributed by atoms with E-state index in [1.165, 1.54) is 5.56 Å². The third-order valence-electron chi connectivity index (χ3n) is 3.47. The molecule has 3 heteroatoms. The molecule has 0 bridgehead atoms. The SMILES string of the molecule is CC(C)c1ccccc1OC(c1ccc(Cl)cc1)C(C)N. The average Bonchev–Trinajstić information content (AvgIpc) is 2.46. The van der Waals surface area contributed by atoms with Crippen LogP contribution < -0.4 is 10.5 Å². The number of halogens is 1. The Morgan fingerprint density at radius 3 is 2.14 bits per heavy atom. The lowest BCUT2D eigenvalue weighted by atomic mass is 10.0. The molecule has 0 aliphatic carbocycles. The maximum Gasteiger partial charge on any atom is 0.138 e. The quantitative estimate of drug-likeness (QED) is 0.850. The molecule has 2 aromatic rings. The molecule has 0 aliphatic rings. The normalized spacial score (nSPS) is 14.0. The Kier molecular flexibility index (Phi) is 5.27. The zero-order chi connectivity index (χ0) is 15.4. The van der Waals surface area contributed by atoms with Crippen LogP contribution in [0.15, 0.2) is 48.5 Å². The van der Waals surface area contributed by atoms with Crippen molar-refractivity contribution in [3.63, 3.8) is 0 Å². The summed E-state index contributed by atoms with van der Waals surface area (Å²) in [5.41, 5.74) is 8.35. The summed E-state index contributed by atoms with van der Waals surface area (Å²) < 4.78 is 6.23. The van der Waals surface area contributed by atoms with E-state index in [1.54, 1.807) is 0 Å². The molecule has 0 heterocycles. The van der Waals surface area contributed by atoms with E-state index in [0.29, 0.717) is 10.9 Å². The summed E-state index contributed by atoms with van der Waals surface area (Å²) in [6, 6.07) is 15.7. The first-order valence-corrected chi connectivity index (χ1v) is 7.63. The fourth-order valence-corrected chi connectivity index (χ4v) is 2.46. The first-order chi connectivity index (χ1) is 9.99. The molecule has 112 valence electrons. The van der Waals surface area contributed by atoms with Crippen LogP contribution in [0.4, 0.5) is 0 Å². The maximum atomic E-state index is 6.23. The second-order valence-electron chi connectivity index (χ2n) is 5.64. The maximum absolute atomic E-state index is 6.23. The topological polar surface area (TPSA) is 35.2 Å². The van der Waals surface area contributed by atoms with Gasteiger partial charge in [0.05, 0.1) is 0 Å². The summed E-state index contributed by atoms with van der Waals surface area (Å²) >= 11 is 5.95. The first kappa shape index (κ1) is 15.9. The third kappa shape index (κ3) is 3.99. The van der Waals surface area contributed by atoms with Gasteiger partial charge >= 0.3 is 0 Å². The van der Waals surface area contributed by atoms with Crippen molar-refractivity contribution in [3.05, 3.63) is 64.7 Å². The number of hydrogen-bond donors (Lipinski definition) is 1. The van der Waals surface area contributed by atoms with Gasteiger partial charge in [0.1, 0.15) is 11.9 Å². The molecule has 21 heavy (non-hydrogen) atoms. The minimum absolute atomic E-state index is 0.119. The highest BCUT2D eigenvalue weighted by Crippen LogP contribution is 2.31. The molecule has 0 fully saturated rings. The molecule has 2 N–H and O–H groups in total. The first-order valence-electron chi connectivity index (χ1n) is 7.25. The van der Waals surface area contributed by atoms with Crippen molar-refractivity contribution >= 4 is 11.6 Å². The van der Waals surface area contributed by atoms with Crippen molar-refractivity contribution < 1.29 is 4.74 Å². The van der Waals surface area contributed by atoms with Gasteiger partial charge in [0.25, 0.3) is 0 Å². The van der Waals surface area contributed by atoms with E-state index < -0.39 is 0 Å². The minimum atomic E-state index is -0.192. The van der Waals surface area contributed by atoms with Crippen LogP contribution in [-0.4, -0.2) is 6.04 Å². The molecule has 0 saturated heterocycles. The van der Waals surface area contributed by atoms with Crippen LogP contribution >= 0.6 is 11.6 Å². The van der Waals surface area contributed by atoms with Crippen molar-refractivity contribution in [1.29, 1.82) is 0 Å². The predicted molar refractivity (Wildman–Crippen MR) is 89.0 cm³/mol. The lowest BCUT2D eigenvalue weighted by Gasteiger charge is -2.25. The van der Waals surface area contributed by atoms with Gasteiger partial charge in [-0.05, 0) is 42.2 Å². The lowest BCUT2D eigenvalue weighted by Crippen LogP contribution is -2.29. The summed E-state index contributed by atoms with van der Waals surface area (Å²) in [5, 5.41) is 0.713. The standard InChI is InChI=1S/C18H22ClNO/c1-12(2)16-6-4-5-7-17(16)21-18(13(3)20)14-8-10-15(19)11-9-14/h4-13,18H,20H2,1-3H3. The Morgan fingerprint density at radius 2 is 1.57 bits per heavy atom. The molecule has 2 atom stereocenters. The summed E-state index contributed by atoms with van der Waals surface area (Å²) in [5.74, 6) is 1.30. The Hall–Kier alpha value is -1.51. The second kappa shape index (κ2) is 6.97. The van der Waals surface area contributed by atoms with E-state index >= 15 is 0 Å². The second-order valence-corrected chi connectivity index (χ2v) is 6.08. The lowest BCUT2D eigenvalue weighted by molar-refractivity contribution is 0.178. The predicted octanol–water partition coefficient (Wildman–Crippen LogP) is 4.93. The van der Waals surface area contributed by atoms with Crippen LogP contribution in [0.1, 0.15) is 43.9 Å². The number of ether oxygens (including phenoxy) is 1. The third-order valence-corrected chi connectivity index (χ3v) is 3.72. The van der Waals surface area contributed by atoms with Gasteiger partial charge in [-0.1, -0.05) is 55.8 Å². The number of benzene rings is 2. The van der Waals surface area contributed by atoms with Crippen molar-refractivity contribution in [2.75, 3.05) is 0 Å². The smallest absolute Gasteiger partial charge is 0.138 e. The number of rotatable bonds is 5. The van der Waals surface area contributed by atoms with Gasteiger partial charge in [-0.15, -0.1) is 0 Å². The zero-order valence-corrected chi connectivity index (χ0v) is 13.5. The molecule has 2 rings (SSSR count). The Balaban J connectivity index is 2.31. The van der Waals surface area contributed by atoms with E-state index in [2.05, 4.69) is 19.9 Å². The van der Waals surface area contributed by atoms with Crippen LogP contribution in [0.5, 0.6) is 5.75 Å². The van der Waals surface area contributed by atoms with Crippen molar-refractivity contribution in [2.24, 2.45) is 5.73 Å². The summed E-state index contributed by atoms with van der Waals surface area (Å²) in [7, 11) is 0. The largest absolute Gasteiger partial charge is 0.484 e. The van der Waals surface area contributed by atoms with E-state index in [9.17, 15) is 0 Å². The fourth-order valence-electron chi connectivity index (χ4n) is 2.33. The summed E-state index contributed by atoms with van der Waals surface area (Å²) in [6.45, 7) is 6.27. The van der Waals surface area contributed by atoms with Gasteiger partial charge in [-0.2, -0.15) is 0 Å². The number of para-hydroxylation sites is 1. The highest BCUT2D eigenvalue weighted by Gasteiger charge is 2.20. The monoisotopic (exact) mass is 303 g/mol. The molecule has 0 amide bonds. The van der Waals surface area contributed by atoms with Crippen LogP contribution in [0.25, 0.3) is 0 Å². The summed E-state index contributed by atoms with van der Waals surface area (Å²) in [6.07, 6.45) is -0.192. The van der Waals surface area contributed by atoms with Crippen LogP contribution in [-0.2, 0) is 0 Å². The molecule has 2 unspecified atom stereocenters. The van der Waals surface area contributed by atoms with Crippen molar-refractivity contribution in [2.45, 2.75) is 38.8 Å². The van der Waals surface area contributed by atoms with Crippen LogP contribution in [0.3, 0.4) is 0 Å². The average molecular weight is 304 g/mol. The highest BCUT2D eigenvalue weighted by atomic mass is 35.5. The van der Waals surface area contributed by atoms with Crippen LogP contribution in [0.2, 0.25) is 5.02 Å². The van der Waals surface area contributed by atoms with Gasteiger partial charge in [-0.3, -0.25) is 0 Å². The Labute approximate surface area is 131 Å². The number of hydrogen-bond acceptors (Lipinski definition) is 2. The Morgan fingerprint density at radius 1 is 0.952 bits per heavy atom.